The second-order valence-electron chi connectivity index (χ2n) is 6.96. The minimum Gasteiger partial charge on any atom is -0.490 e. The molecule has 1 aliphatic carbocycles. The molecule has 0 spiro atoms. The lowest BCUT2D eigenvalue weighted by Gasteiger charge is -2.13. The van der Waals surface area contributed by atoms with Gasteiger partial charge in [-0.1, -0.05) is 11.8 Å². The quantitative estimate of drug-likeness (QED) is 0.552. The van der Waals surface area contributed by atoms with E-state index in [4.69, 9.17) is 4.74 Å². The van der Waals surface area contributed by atoms with Crippen LogP contribution in [0, 0.1) is 13.8 Å². The Bertz CT molecular complexity index is 764. The van der Waals surface area contributed by atoms with Gasteiger partial charge in [0, 0.05) is 23.5 Å². The molecule has 1 saturated carbocycles. The van der Waals surface area contributed by atoms with Gasteiger partial charge in [0.2, 0.25) is 5.91 Å². The molecule has 0 atom stereocenters. The van der Waals surface area contributed by atoms with Crippen molar-refractivity contribution in [3.63, 3.8) is 0 Å². The van der Waals surface area contributed by atoms with Crippen molar-refractivity contribution < 1.29 is 9.53 Å². The zero-order valence-corrected chi connectivity index (χ0v) is 17.1. The Morgan fingerprint density at radius 3 is 2.37 bits per heavy atom. The largest absolute Gasteiger partial charge is 0.490 e. The van der Waals surface area contributed by atoms with E-state index in [1.807, 2.05) is 44.4 Å². The molecule has 0 radical (unpaired) electrons. The number of amides is 1. The molecule has 6 heteroatoms. The predicted molar refractivity (Wildman–Crippen MR) is 110 cm³/mol. The Hall–Kier alpha value is -2.08. The molecule has 1 fully saturated rings. The second kappa shape index (κ2) is 9.22. The number of ether oxygens (including phenoxy) is 1. The molecule has 1 aromatic carbocycles. The Balaban J connectivity index is 1.52. The molecule has 1 aromatic heterocycles. The summed E-state index contributed by atoms with van der Waals surface area (Å²) in [6.07, 6.45) is 8.14. The lowest BCUT2D eigenvalue weighted by atomic mass is 10.1. The number of aryl methyl sites for hydroxylation is 2. The minimum atomic E-state index is -0.00722. The molecule has 1 N–H and O–H groups in total. The molecule has 0 bridgehead atoms. The normalized spacial score (nSPS) is 14.3. The fourth-order valence-corrected chi connectivity index (χ4v) is 3.90. The van der Waals surface area contributed by atoms with Crippen molar-refractivity contribution in [1.82, 2.24) is 9.97 Å². The average Bonchev–Trinajstić information content (AvgIpc) is 3.15. The van der Waals surface area contributed by atoms with Gasteiger partial charge in [-0.25, -0.2) is 9.97 Å². The highest BCUT2D eigenvalue weighted by Gasteiger charge is 2.16. The van der Waals surface area contributed by atoms with Crippen molar-refractivity contribution in [2.75, 3.05) is 11.6 Å². The van der Waals surface area contributed by atoms with Crippen LogP contribution < -0.4 is 10.1 Å². The smallest absolute Gasteiger partial charge is 0.224 e. The molecular weight excluding hydrogens is 358 g/mol. The summed E-state index contributed by atoms with van der Waals surface area (Å²) in [5.74, 6) is 0.865. The van der Waals surface area contributed by atoms with Gasteiger partial charge in [0.25, 0.3) is 0 Å². The number of hydrogen-bond donors (Lipinski definition) is 1. The van der Waals surface area contributed by atoms with Gasteiger partial charge in [-0.3, -0.25) is 4.79 Å². The van der Waals surface area contributed by atoms with Crippen LogP contribution in [-0.2, 0) is 11.2 Å². The van der Waals surface area contributed by atoms with Gasteiger partial charge >= 0.3 is 0 Å². The van der Waals surface area contributed by atoms with Crippen LogP contribution in [0.25, 0.3) is 0 Å². The first-order chi connectivity index (χ1) is 13.0. The first kappa shape index (κ1) is 19.7. The summed E-state index contributed by atoms with van der Waals surface area (Å²) in [5, 5.41) is 3.73. The molecule has 0 saturated heterocycles. The molecule has 0 unspecified atom stereocenters. The first-order valence-corrected chi connectivity index (χ1v) is 10.7. The van der Waals surface area contributed by atoms with Gasteiger partial charge < -0.3 is 10.1 Å². The molecule has 3 rings (SSSR count). The molecule has 1 heterocycles. The first-order valence-electron chi connectivity index (χ1n) is 9.50. The van der Waals surface area contributed by atoms with Gasteiger partial charge in [-0.2, -0.15) is 0 Å². The van der Waals surface area contributed by atoms with Crippen molar-refractivity contribution in [3.05, 3.63) is 41.2 Å². The number of nitrogens with one attached hydrogen (secondary N) is 1. The number of anilines is 1. The monoisotopic (exact) mass is 385 g/mol. The lowest BCUT2D eigenvalue weighted by molar-refractivity contribution is -0.116. The van der Waals surface area contributed by atoms with Crippen LogP contribution in [0.4, 0.5) is 5.69 Å². The Morgan fingerprint density at radius 2 is 1.78 bits per heavy atom. The maximum Gasteiger partial charge on any atom is 0.224 e. The van der Waals surface area contributed by atoms with E-state index in [-0.39, 0.29) is 5.91 Å². The number of aromatic nitrogens is 2. The van der Waals surface area contributed by atoms with Gasteiger partial charge in [0.15, 0.2) is 5.16 Å². The zero-order chi connectivity index (χ0) is 19.2. The van der Waals surface area contributed by atoms with Gasteiger partial charge in [-0.15, -0.1) is 0 Å². The molecule has 1 aliphatic rings. The summed E-state index contributed by atoms with van der Waals surface area (Å²) >= 11 is 1.53. The number of rotatable bonds is 7. The van der Waals surface area contributed by atoms with E-state index in [0.29, 0.717) is 18.9 Å². The van der Waals surface area contributed by atoms with Crippen LogP contribution >= 0.6 is 11.8 Å². The number of carbonyl (C=O) groups is 1. The SMILES string of the molecule is CSc1nc(C)c(CCC(=O)Nc2ccc(OC3CCCC3)cc2)c(C)n1. The highest BCUT2D eigenvalue weighted by atomic mass is 32.2. The molecule has 144 valence electrons. The summed E-state index contributed by atoms with van der Waals surface area (Å²) in [5.41, 5.74) is 3.76. The standard InChI is InChI=1S/C21H27N3O2S/c1-14-19(15(2)23-21(22-14)27-3)12-13-20(25)24-16-8-10-18(11-9-16)26-17-6-4-5-7-17/h8-11,17H,4-7,12-13H2,1-3H3,(H,24,25). The van der Waals surface area contributed by atoms with Crippen molar-refractivity contribution in [3.8, 4) is 5.75 Å². The number of carbonyl (C=O) groups excluding carboxylic acids is 1. The number of nitrogens with zero attached hydrogens (tertiary/aromatic N) is 2. The van der Waals surface area contributed by atoms with E-state index in [1.165, 1.54) is 24.6 Å². The maximum atomic E-state index is 12.3. The van der Waals surface area contributed by atoms with E-state index in [1.54, 1.807) is 0 Å². The van der Waals surface area contributed by atoms with E-state index in [0.717, 1.165) is 46.4 Å². The highest BCUT2D eigenvalue weighted by molar-refractivity contribution is 7.98. The molecule has 27 heavy (non-hydrogen) atoms. The van der Waals surface area contributed by atoms with Crippen LogP contribution in [0.3, 0.4) is 0 Å². The predicted octanol–water partition coefficient (Wildman–Crippen LogP) is 4.71. The van der Waals surface area contributed by atoms with E-state index < -0.39 is 0 Å². The summed E-state index contributed by atoms with van der Waals surface area (Å²) in [4.78, 5) is 21.3. The third-order valence-electron chi connectivity index (χ3n) is 4.93. The third kappa shape index (κ3) is 5.45. The summed E-state index contributed by atoms with van der Waals surface area (Å²) in [7, 11) is 0. The summed E-state index contributed by atoms with van der Waals surface area (Å²) < 4.78 is 5.96. The van der Waals surface area contributed by atoms with Crippen LogP contribution in [-0.4, -0.2) is 28.2 Å². The molecule has 0 aliphatic heterocycles. The van der Waals surface area contributed by atoms with Crippen molar-refractivity contribution in [1.29, 1.82) is 0 Å². The van der Waals surface area contributed by atoms with E-state index in [2.05, 4.69) is 15.3 Å². The summed E-state index contributed by atoms with van der Waals surface area (Å²) in [6, 6.07) is 7.65. The van der Waals surface area contributed by atoms with Crippen molar-refractivity contribution in [2.45, 2.75) is 63.6 Å². The zero-order valence-electron chi connectivity index (χ0n) is 16.2. The van der Waals surface area contributed by atoms with Crippen LogP contribution in [0.5, 0.6) is 5.75 Å². The number of thioether (sulfide) groups is 1. The maximum absolute atomic E-state index is 12.3. The topological polar surface area (TPSA) is 64.1 Å². The van der Waals surface area contributed by atoms with E-state index in [9.17, 15) is 4.79 Å². The van der Waals surface area contributed by atoms with Gasteiger partial charge in [-0.05, 0) is 82.0 Å². The fraction of sp³-hybridized carbons (Fsp3) is 0.476. The average molecular weight is 386 g/mol. The Morgan fingerprint density at radius 1 is 1.15 bits per heavy atom. The Kier molecular flexibility index (Phi) is 6.72. The van der Waals surface area contributed by atoms with Crippen molar-refractivity contribution >= 4 is 23.4 Å². The number of hydrogen-bond acceptors (Lipinski definition) is 5. The Labute approximate surface area is 165 Å². The molecule has 1 amide bonds. The van der Waals surface area contributed by atoms with E-state index >= 15 is 0 Å². The second-order valence-corrected chi connectivity index (χ2v) is 7.73. The van der Waals surface area contributed by atoms with Crippen LogP contribution in [0.15, 0.2) is 29.4 Å². The minimum absolute atomic E-state index is 0.00722. The van der Waals surface area contributed by atoms with Crippen molar-refractivity contribution in [2.24, 2.45) is 0 Å². The highest BCUT2D eigenvalue weighted by Crippen LogP contribution is 2.25. The summed E-state index contributed by atoms with van der Waals surface area (Å²) in [6.45, 7) is 3.95. The van der Waals surface area contributed by atoms with Gasteiger partial charge in [0.1, 0.15) is 5.75 Å². The van der Waals surface area contributed by atoms with Crippen LogP contribution in [0.2, 0.25) is 0 Å². The van der Waals surface area contributed by atoms with Gasteiger partial charge in [0.05, 0.1) is 6.10 Å². The van der Waals surface area contributed by atoms with Crippen LogP contribution in [0.1, 0.15) is 49.1 Å². The third-order valence-corrected chi connectivity index (χ3v) is 5.48. The molecular formula is C21H27N3O2S. The fourth-order valence-electron chi connectivity index (χ4n) is 3.44. The number of benzene rings is 1. The molecule has 5 nitrogen and oxygen atoms in total. The lowest BCUT2D eigenvalue weighted by Crippen LogP contribution is -2.14. The molecule has 2 aromatic rings.